The average molecular weight is 583 g/mol. The van der Waals surface area contributed by atoms with E-state index in [1.54, 1.807) is 30.3 Å². The molecule has 0 aromatic heterocycles. The topological polar surface area (TPSA) is 67.9 Å². The van der Waals surface area contributed by atoms with Crippen molar-refractivity contribution in [1.29, 1.82) is 0 Å². The molecule has 0 aliphatic rings. The van der Waals surface area contributed by atoms with Crippen molar-refractivity contribution in [3.8, 4) is 11.5 Å². The summed E-state index contributed by atoms with van der Waals surface area (Å²) in [4.78, 5) is 0.0397. The van der Waals surface area contributed by atoms with Crippen molar-refractivity contribution in [3.05, 3.63) is 76.2 Å². The third kappa shape index (κ3) is 5.84. The first kappa shape index (κ1) is 24.6. The summed E-state index contributed by atoms with van der Waals surface area (Å²) in [5.41, 5.74) is 1.16. The van der Waals surface area contributed by atoms with Crippen LogP contribution in [0, 0.1) is 0 Å². The monoisotopic (exact) mass is 581 g/mol. The van der Waals surface area contributed by atoms with Crippen molar-refractivity contribution in [2.45, 2.75) is 4.90 Å². The molecule has 0 aliphatic heterocycles. The van der Waals surface area contributed by atoms with Gasteiger partial charge >= 0.3 is 210 Å². The van der Waals surface area contributed by atoms with Crippen molar-refractivity contribution in [1.82, 2.24) is 0 Å². The molecule has 10 heteroatoms. The quantitative estimate of drug-likeness (QED) is 0.380. The molecule has 0 heterocycles. The van der Waals surface area contributed by atoms with Gasteiger partial charge in [-0.25, -0.2) is 0 Å². The number of halogens is 2. The Labute approximate surface area is 208 Å². The molecule has 3 aromatic rings. The van der Waals surface area contributed by atoms with Crippen molar-refractivity contribution in [2.75, 3.05) is 30.4 Å². The Hall–Kier alpha value is -2.04. The minimum absolute atomic E-state index is 0.0397. The minimum atomic E-state index is -4.00. The number of nitrogens with zero attached hydrogens (tertiary/aromatic N) is 1. The van der Waals surface area contributed by atoms with Crippen LogP contribution in [-0.2, 0) is 25.3 Å². The summed E-state index contributed by atoms with van der Waals surface area (Å²) < 4.78 is 40.3. The van der Waals surface area contributed by atoms with Crippen LogP contribution in [0.5, 0.6) is 11.5 Å². The average Bonchev–Trinajstić information content (AvgIpc) is 2.76. The van der Waals surface area contributed by atoms with Crippen LogP contribution < -0.4 is 19.1 Å². The van der Waals surface area contributed by atoms with Gasteiger partial charge in [0.05, 0.1) is 0 Å². The molecule has 0 unspecified atom stereocenters. The standard InChI is InChI=1S/C22H20BrClN2O4S.Co/c1-29-21-10-9-20(15-22(21)30-2)31(27,28)26(19-8-4-6-17(24)14-19)12-11-25-18-7-3-5-16(23)13-18;/h3-10,13-15,25H,12H2,1-2H3;. The van der Waals surface area contributed by atoms with E-state index in [0.717, 1.165) is 10.2 Å². The first-order chi connectivity index (χ1) is 15.2. The summed E-state index contributed by atoms with van der Waals surface area (Å²) in [6, 6.07) is 18.5. The number of nitrogens with one attached hydrogen (secondary N) is 1. The predicted octanol–water partition coefficient (Wildman–Crippen LogP) is 5.10. The Morgan fingerprint density at radius 2 is 1.75 bits per heavy atom. The normalized spacial score (nSPS) is 11.0. The van der Waals surface area contributed by atoms with Crippen molar-refractivity contribution in [3.63, 3.8) is 0 Å². The van der Waals surface area contributed by atoms with Crippen molar-refractivity contribution in [2.24, 2.45) is 0 Å². The second-order valence-corrected chi connectivity index (χ2v) is 10.4. The first-order valence-electron chi connectivity index (χ1n) is 9.26. The zero-order valence-electron chi connectivity index (χ0n) is 17.1. The first-order valence-corrected chi connectivity index (χ1v) is 12.4. The third-order valence-corrected chi connectivity index (χ3v) is 7.21. The molecule has 0 radical (unpaired) electrons. The van der Waals surface area contributed by atoms with Gasteiger partial charge in [0.2, 0.25) is 0 Å². The number of methoxy groups -OCH3 is 2. The SMILES string of the molecule is COc1ccc(S(=O)(=O)N(C[C](=[Co])Nc2cccc(Br)c2)c2cccc(Cl)c2)cc1OC. The molecule has 0 atom stereocenters. The zero-order chi connectivity index (χ0) is 23.3. The van der Waals surface area contributed by atoms with Crippen LogP contribution in [0.1, 0.15) is 0 Å². The number of anilines is 2. The van der Waals surface area contributed by atoms with E-state index in [4.69, 9.17) is 21.1 Å². The fourth-order valence-electron chi connectivity index (χ4n) is 2.93. The van der Waals surface area contributed by atoms with Crippen LogP contribution in [0.2, 0.25) is 5.02 Å². The number of rotatable bonds is 9. The molecular formula is C22H20BrClCoN2O4S. The second-order valence-electron chi connectivity index (χ2n) is 6.52. The Kier molecular flexibility index (Phi) is 8.24. The molecule has 0 aliphatic carbocycles. The fourth-order valence-corrected chi connectivity index (χ4v) is 5.36. The van der Waals surface area contributed by atoms with Gasteiger partial charge in [-0.1, -0.05) is 0 Å². The fraction of sp³-hybridized carbons (Fsp3) is 0.136. The molecule has 0 saturated carbocycles. The third-order valence-electron chi connectivity index (χ3n) is 4.41. The van der Waals surface area contributed by atoms with Gasteiger partial charge in [-0.05, 0) is 0 Å². The van der Waals surface area contributed by atoms with Crippen LogP contribution in [0.15, 0.2) is 76.1 Å². The van der Waals surface area contributed by atoms with Crippen LogP contribution in [-0.4, -0.2) is 33.8 Å². The summed E-state index contributed by atoms with van der Waals surface area (Å²) >= 11 is 14.1. The molecule has 0 spiro atoms. The number of hydrogen-bond donors (Lipinski definition) is 1. The van der Waals surface area contributed by atoms with E-state index in [0.29, 0.717) is 26.8 Å². The van der Waals surface area contributed by atoms with Gasteiger partial charge in [-0.15, -0.1) is 0 Å². The molecule has 0 bridgehead atoms. The summed E-state index contributed by atoms with van der Waals surface area (Å²) in [6.45, 7) is -0.0521. The van der Waals surface area contributed by atoms with E-state index >= 15 is 0 Å². The Morgan fingerprint density at radius 1 is 1.03 bits per heavy atom. The van der Waals surface area contributed by atoms with Crippen LogP contribution in [0.25, 0.3) is 0 Å². The molecule has 0 amide bonds. The van der Waals surface area contributed by atoms with E-state index in [1.165, 1.54) is 30.7 Å². The van der Waals surface area contributed by atoms with Crippen molar-refractivity contribution >= 4 is 53.5 Å². The van der Waals surface area contributed by atoms with Gasteiger partial charge in [0.25, 0.3) is 0 Å². The maximum absolute atomic E-state index is 13.7. The van der Waals surface area contributed by atoms with Crippen LogP contribution in [0.4, 0.5) is 11.4 Å². The molecule has 32 heavy (non-hydrogen) atoms. The van der Waals surface area contributed by atoms with E-state index in [9.17, 15) is 8.42 Å². The Balaban J connectivity index is 2.00. The molecule has 0 saturated heterocycles. The Morgan fingerprint density at radius 3 is 2.41 bits per heavy atom. The van der Waals surface area contributed by atoms with Crippen LogP contribution in [0.3, 0.4) is 0 Å². The van der Waals surface area contributed by atoms with E-state index in [1.807, 2.05) is 24.3 Å². The van der Waals surface area contributed by atoms with Gasteiger partial charge in [-0.2, -0.15) is 0 Å². The molecule has 6 nitrogen and oxygen atoms in total. The summed E-state index contributed by atoms with van der Waals surface area (Å²) in [7, 11) is -1.07. The predicted molar refractivity (Wildman–Crippen MR) is 128 cm³/mol. The second kappa shape index (κ2) is 10.7. The molecule has 3 aromatic carbocycles. The molecule has 1 N–H and O–H groups in total. The van der Waals surface area contributed by atoms with Crippen molar-refractivity contribution < 1.29 is 33.2 Å². The van der Waals surface area contributed by atoms with E-state index in [2.05, 4.69) is 36.5 Å². The molecular weight excluding hydrogens is 563 g/mol. The van der Waals surface area contributed by atoms with E-state index < -0.39 is 10.0 Å². The van der Waals surface area contributed by atoms with Gasteiger partial charge in [0.15, 0.2) is 0 Å². The van der Waals surface area contributed by atoms with Gasteiger partial charge < -0.3 is 0 Å². The summed E-state index contributed by atoms with van der Waals surface area (Å²) in [6.07, 6.45) is 0. The number of ether oxygens (including phenoxy) is 2. The number of sulfonamides is 1. The number of hydrogen-bond acceptors (Lipinski definition) is 5. The summed E-state index contributed by atoms with van der Waals surface area (Å²) in [5.74, 6) is 0.736. The number of benzene rings is 3. The molecule has 0 fully saturated rings. The van der Waals surface area contributed by atoms with Gasteiger partial charge in [0, 0.05) is 0 Å². The zero-order valence-corrected chi connectivity index (χ0v) is 21.3. The van der Waals surface area contributed by atoms with Gasteiger partial charge in [-0.3, -0.25) is 0 Å². The molecule has 3 rings (SSSR count). The Bertz CT molecular complexity index is 1240. The maximum atomic E-state index is 13.7. The molecule has 171 valence electrons. The van der Waals surface area contributed by atoms with Gasteiger partial charge in [0.1, 0.15) is 0 Å². The van der Waals surface area contributed by atoms with E-state index in [-0.39, 0.29) is 11.4 Å². The van der Waals surface area contributed by atoms with Crippen LogP contribution >= 0.6 is 27.5 Å². The summed E-state index contributed by atoms with van der Waals surface area (Å²) in [5, 5.41) is 3.54.